The number of rotatable bonds is 5. The fraction of sp³-hybridized carbons (Fsp3) is 0.136. The van der Waals surface area contributed by atoms with Crippen molar-refractivity contribution in [3.63, 3.8) is 0 Å². The summed E-state index contributed by atoms with van der Waals surface area (Å²) in [6.45, 7) is 2.43. The summed E-state index contributed by atoms with van der Waals surface area (Å²) < 4.78 is 5.74. The molecular weight excluding hydrogens is 543 g/mol. The Morgan fingerprint density at radius 2 is 1.97 bits per heavy atom. The molecule has 0 saturated heterocycles. The minimum Gasteiger partial charge on any atom is -0.303 e. The molecule has 0 unspecified atom stereocenters. The minimum absolute atomic E-state index is 0.215. The number of hydrogen-bond acceptors (Lipinski definition) is 5. The first-order valence-electron chi connectivity index (χ1n) is 10.1. The van der Waals surface area contributed by atoms with Crippen LogP contribution in [-0.4, -0.2) is 40.1 Å². The molecule has 0 aliphatic heterocycles. The van der Waals surface area contributed by atoms with Crippen LogP contribution >= 0.6 is 39.1 Å². The van der Waals surface area contributed by atoms with Crippen LogP contribution < -0.4 is 5.32 Å². The summed E-state index contributed by atoms with van der Waals surface area (Å²) in [5.74, 6) is -0.0294. The molecule has 4 heterocycles. The average molecular weight is 560 g/mol. The summed E-state index contributed by atoms with van der Waals surface area (Å²) in [4.78, 5) is 17.3. The average Bonchev–Trinajstić information content (AvgIpc) is 3.48. The zero-order valence-corrected chi connectivity index (χ0v) is 21.1. The van der Waals surface area contributed by atoms with Gasteiger partial charge in [-0.1, -0.05) is 29.3 Å². The Bertz CT molecular complexity index is 1550. The number of aryl methyl sites for hydroxylation is 1. The minimum atomic E-state index is -0.403. The largest absolute Gasteiger partial charge is 0.303 e. The zero-order valence-electron chi connectivity index (χ0n) is 18.0. The smallest absolute Gasteiger partial charge is 0.277 e. The van der Waals surface area contributed by atoms with E-state index < -0.39 is 5.91 Å². The predicted octanol–water partition coefficient (Wildman–Crippen LogP) is 5.00. The number of anilines is 1. The van der Waals surface area contributed by atoms with Crippen LogP contribution in [0.4, 0.5) is 5.82 Å². The molecule has 12 heteroatoms. The van der Waals surface area contributed by atoms with Crippen LogP contribution in [0.25, 0.3) is 16.9 Å². The van der Waals surface area contributed by atoms with E-state index >= 15 is 0 Å². The van der Waals surface area contributed by atoms with Crippen molar-refractivity contribution in [3.05, 3.63) is 80.4 Å². The van der Waals surface area contributed by atoms with Crippen molar-refractivity contribution >= 4 is 56.5 Å². The van der Waals surface area contributed by atoms with E-state index in [4.69, 9.17) is 23.2 Å². The number of carbonyl (C=O) groups is 1. The number of aromatic nitrogens is 7. The van der Waals surface area contributed by atoms with Gasteiger partial charge in [0.15, 0.2) is 17.2 Å². The fourth-order valence-corrected chi connectivity index (χ4v) is 4.26. The molecular formula is C22H17BrCl2N8O. The number of amides is 1. The molecule has 0 saturated carbocycles. The maximum absolute atomic E-state index is 13.0. The highest BCUT2D eigenvalue weighted by atomic mass is 79.9. The van der Waals surface area contributed by atoms with Gasteiger partial charge in [-0.15, -0.1) is 0 Å². The van der Waals surface area contributed by atoms with E-state index in [0.29, 0.717) is 32.5 Å². The molecule has 0 spiro atoms. The van der Waals surface area contributed by atoms with Gasteiger partial charge in [0.2, 0.25) is 0 Å². The first-order valence-corrected chi connectivity index (χ1v) is 11.7. The Morgan fingerprint density at radius 3 is 2.71 bits per heavy atom. The van der Waals surface area contributed by atoms with Crippen LogP contribution in [0.2, 0.25) is 10.0 Å². The Labute approximate surface area is 212 Å². The Hall–Kier alpha value is -3.21. The highest BCUT2D eigenvalue weighted by molar-refractivity contribution is 9.10. The van der Waals surface area contributed by atoms with E-state index in [0.717, 1.165) is 22.5 Å². The van der Waals surface area contributed by atoms with E-state index in [2.05, 4.69) is 41.5 Å². The lowest BCUT2D eigenvalue weighted by molar-refractivity contribution is 0.102. The van der Waals surface area contributed by atoms with Gasteiger partial charge in [-0.3, -0.25) is 14.2 Å². The third-order valence-electron chi connectivity index (χ3n) is 5.38. The van der Waals surface area contributed by atoms with Crippen molar-refractivity contribution in [2.45, 2.75) is 13.5 Å². The first-order chi connectivity index (χ1) is 16.3. The van der Waals surface area contributed by atoms with Crippen LogP contribution in [0.1, 0.15) is 21.7 Å². The molecule has 0 bridgehead atoms. The number of benzene rings is 1. The van der Waals surface area contributed by atoms with Crippen LogP contribution in [0, 0.1) is 6.92 Å². The predicted molar refractivity (Wildman–Crippen MR) is 133 cm³/mol. The third-order valence-corrected chi connectivity index (χ3v) is 6.70. The number of nitrogens with zero attached hydrogens (tertiary/aromatic N) is 7. The van der Waals surface area contributed by atoms with Gasteiger partial charge in [0.1, 0.15) is 0 Å². The monoisotopic (exact) mass is 558 g/mol. The third kappa shape index (κ3) is 4.20. The molecule has 0 aliphatic carbocycles. The second-order valence-corrected chi connectivity index (χ2v) is 9.29. The molecule has 1 aromatic carbocycles. The van der Waals surface area contributed by atoms with E-state index in [9.17, 15) is 4.79 Å². The van der Waals surface area contributed by atoms with Gasteiger partial charge in [0, 0.05) is 36.8 Å². The highest BCUT2D eigenvalue weighted by Crippen LogP contribution is 2.26. The standard InChI is InChI=1S/C22H17BrCl2N8O/c1-12-14(9-27-31(12)2)19-5-6-26-20-8-18(29-33(19)20)22(34)28-21-15(23)11-32(30-21)10-13-3-4-16(24)17(25)7-13/h3-9,11H,10H2,1-2H3,(H,28,30,34). The van der Waals surface area contributed by atoms with Crippen molar-refractivity contribution in [1.29, 1.82) is 0 Å². The molecule has 0 radical (unpaired) electrons. The zero-order chi connectivity index (χ0) is 24.0. The summed E-state index contributed by atoms with van der Waals surface area (Å²) in [6, 6.07) is 8.85. The summed E-state index contributed by atoms with van der Waals surface area (Å²) in [5, 5.41) is 17.0. The highest BCUT2D eigenvalue weighted by Gasteiger charge is 2.18. The maximum atomic E-state index is 13.0. The van der Waals surface area contributed by atoms with Crippen molar-refractivity contribution in [3.8, 4) is 11.3 Å². The second-order valence-electron chi connectivity index (χ2n) is 7.62. The summed E-state index contributed by atoms with van der Waals surface area (Å²) in [7, 11) is 1.87. The molecule has 34 heavy (non-hydrogen) atoms. The second kappa shape index (κ2) is 8.86. The van der Waals surface area contributed by atoms with Crippen LogP contribution in [0.15, 0.2) is 53.4 Å². The number of hydrogen-bond donors (Lipinski definition) is 1. The molecule has 172 valence electrons. The van der Waals surface area contributed by atoms with Gasteiger partial charge < -0.3 is 5.32 Å². The summed E-state index contributed by atoms with van der Waals surface area (Å²) in [5.41, 5.74) is 4.37. The molecule has 5 aromatic rings. The summed E-state index contributed by atoms with van der Waals surface area (Å²) in [6.07, 6.45) is 5.22. The molecule has 0 atom stereocenters. The SMILES string of the molecule is Cc1c(-c2ccnc3cc(C(=O)Nc4nn(Cc5ccc(Cl)c(Cl)c5)cc4Br)nn23)cnn1C. The van der Waals surface area contributed by atoms with Crippen LogP contribution in [0.3, 0.4) is 0 Å². The van der Waals surface area contributed by atoms with E-state index in [1.165, 1.54) is 0 Å². The molecule has 5 rings (SSSR count). The van der Waals surface area contributed by atoms with Crippen molar-refractivity contribution < 1.29 is 4.79 Å². The van der Waals surface area contributed by atoms with E-state index in [-0.39, 0.29) is 5.69 Å². The van der Waals surface area contributed by atoms with Gasteiger partial charge in [-0.25, -0.2) is 9.50 Å². The van der Waals surface area contributed by atoms with Gasteiger partial charge in [0.05, 0.1) is 33.0 Å². The van der Waals surface area contributed by atoms with Gasteiger partial charge >= 0.3 is 0 Å². The quantitative estimate of drug-likeness (QED) is 0.327. The lowest BCUT2D eigenvalue weighted by Crippen LogP contribution is -2.14. The van der Waals surface area contributed by atoms with Gasteiger partial charge in [-0.05, 0) is 46.6 Å². The first kappa shape index (κ1) is 22.6. The molecule has 1 amide bonds. The molecule has 1 N–H and O–H groups in total. The molecule has 0 aliphatic rings. The number of nitrogens with one attached hydrogen (secondary N) is 1. The Balaban J connectivity index is 1.39. The van der Waals surface area contributed by atoms with Gasteiger partial charge in [-0.2, -0.15) is 15.3 Å². The van der Waals surface area contributed by atoms with Crippen molar-refractivity contribution in [1.82, 2.24) is 34.2 Å². The Kier molecular flexibility index (Phi) is 5.88. The lowest BCUT2D eigenvalue weighted by Gasteiger charge is -2.04. The van der Waals surface area contributed by atoms with E-state index in [1.807, 2.05) is 26.1 Å². The lowest BCUT2D eigenvalue weighted by atomic mass is 10.2. The van der Waals surface area contributed by atoms with Crippen molar-refractivity contribution in [2.24, 2.45) is 7.05 Å². The number of halogens is 3. The topological polar surface area (TPSA) is 94.9 Å². The van der Waals surface area contributed by atoms with Crippen LogP contribution in [-0.2, 0) is 13.6 Å². The Morgan fingerprint density at radius 1 is 1.15 bits per heavy atom. The molecule has 9 nitrogen and oxygen atoms in total. The fourth-order valence-electron chi connectivity index (χ4n) is 3.52. The van der Waals surface area contributed by atoms with Crippen LogP contribution in [0.5, 0.6) is 0 Å². The number of carbonyl (C=O) groups excluding carboxylic acids is 1. The maximum Gasteiger partial charge on any atom is 0.277 e. The molecule has 4 aromatic heterocycles. The van der Waals surface area contributed by atoms with E-state index in [1.54, 1.807) is 50.7 Å². The van der Waals surface area contributed by atoms with Crippen molar-refractivity contribution in [2.75, 3.05) is 5.32 Å². The normalized spacial score (nSPS) is 11.3. The van der Waals surface area contributed by atoms with Gasteiger partial charge in [0.25, 0.3) is 5.91 Å². The number of fused-ring (bicyclic) bond motifs is 1. The summed E-state index contributed by atoms with van der Waals surface area (Å²) >= 11 is 15.5. The molecule has 0 fully saturated rings.